The number of hydrogen-bond acceptors (Lipinski definition) is 5. The molecule has 0 aliphatic rings. The van der Waals surface area contributed by atoms with Crippen molar-refractivity contribution in [2.24, 2.45) is 0 Å². The maximum Gasteiger partial charge on any atom is 0.387 e. The van der Waals surface area contributed by atoms with Crippen molar-refractivity contribution in [3.05, 3.63) is 63.7 Å². The third-order valence-electron chi connectivity index (χ3n) is 3.44. The highest BCUT2D eigenvalue weighted by molar-refractivity contribution is 5.95. The van der Waals surface area contributed by atoms with E-state index in [4.69, 9.17) is 5.73 Å². The fraction of sp³-hybridized carbons (Fsp3) is 0.188. The Morgan fingerprint density at radius 1 is 1.24 bits per heavy atom. The van der Waals surface area contributed by atoms with E-state index >= 15 is 0 Å². The Bertz CT molecular complexity index is 781. The summed E-state index contributed by atoms with van der Waals surface area (Å²) in [7, 11) is 0. The molecule has 132 valence electrons. The zero-order valence-corrected chi connectivity index (χ0v) is 13.1. The molecule has 25 heavy (non-hydrogen) atoms. The third-order valence-corrected chi connectivity index (χ3v) is 3.44. The molecule has 7 nitrogen and oxygen atoms in total. The van der Waals surface area contributed by atoms with Gasteiger partial charge in [0.05, 0.1) is 11.0 Å². The average Bonchev–Trinajstić information content (AvgIpc) is 2.54. The summed E-state index contributed by atoms with van der Waals surface area (Å²) in [5.74, 6) is -0.519. The molecule has 0 bridgehead atoms. The maximum atomic E-state index is 12.2. The number of carbonyl (C=O) groups excluding carboxylic acids is 1. The lowest BCUT2D eigenvalue weighted by Crippen LogP contribution is -2.26. The SMILES string of the molecule is CC(NC(=O)c1ccc(N)c([N+](=O)[O-])c1)c1ccc(OC(F)F)cc1. The number of hydrogen-bond donors (Lipinski definition) is 2. The lowest BCUT2D eigenvalue weighted by atomic mass is 10.1. The molecule has 0 heterocycles. The Morgan fingerprint density at radius 2 is 1.88 bits per heavy atom. The average molecular weight is 351 g/mol. The topological polar surface area (TPSA) is 107 Å². The minimum absolute atomic E-state index is 0.00596. The van der Waals surface area contributed by atoms with Crippen LogP contribution < -0.4 is 15.8 Å². The Morgan fingerprint density at radius 3 is 2.44 bits per heavy atom. The van der Waals surface area contributed by atoms with Gasteiger partial charge in [-0.15, -0.1) is 0 Å². The molecule has 0 spiro atoms. The Hall–Kier alpha value is -3.23. The van der Waals surface area contributed by atoms with Crippen LogP contribution in [0.1, 0.15) is 28.9 Å². The van der Waals surface area contributed by atoms with Crippen LogP contribution in [0.2, 0.25) is 0 Å². The second-order valence-corrected chi connectivity index (χ2v) is 5.17. The van der Waals surface area contributed by atoms with Gasteiger partial charge in [0.1, 0.15) is 11.4 Å². The van der Waals surface area contributed by atoms with Gasteiger partial charge < -0.3 is 15.8 Å². The fourth-order valence-corrected chi connectivity index (χ4v) is 2.14. The van der Waals surface area contributed by atoms with E-state index in [9.17, 15) is 23.7 Å². The standard InChI is InChI=1S/C16H15F2N3O4/c1-9(10-2-5-12(6-3-10)25-16(17)18)20-15(22)11-4-7-13(19)14(8-11)21(23)24/h2-9,16H,19H2,1H3,(H,20,22). The number of benzene rings is 2. The van der Waals surface area contributed by atoms with Gasteiger partial charge in [-0.3, -0.25) is 14.9 Å². The summed E-state index contributed by atoms with van der Waals surface area (Å²) in [6.45, 7) is -1.23. The molecule has 3 N–H and O–H groups in total. The number of nitro groups is 1. The van der Waals surface area contributed by atoms with Gasteiger partial charge in [0.2, 0.25) is 0 Å². The van der Waals surface area contributed by atoms with E-state index < -0.39 is 23.5 Å². The van der Waals surface area contributed by atoms with Gasteiger partial charge in [-0.25, -0.2) is 0 Å². The number of carbonyl (C=O) groups is 1. The first-order valence-corrected chi connectivity index (χ1v) is 7.17. The van der Waals surface area contributed by atoms with E-state index in [2.05, 4.69) is 10.1 Å². The largest absolute Gasteiger partial charge is 0.435 e. The van der Waals surface area contributed by atoms with E-state index in [0.717, 1.165) is 6.07 Å². The molecule has 0 saturated carbocycles. The maximum absolute atomic E-state index is 12.2. The minimum atomic E-state index is -2.91. The second kappa shape index (κ2) is 7.56. The number of alkyl halides is 2. The van der Waals surface area contributed by atoms with E-state index in [-0.39, 0.29) is 22.7 Å². The zero-order chi connectivity index (χ0) is 18.6. The van der Waals surface area contributed by atoms with Crippen molar-refractivity contribution in [2.75, 3.05) is 5.73 Å². The molecule has 0 aliphatic carbocycles. The number of nitro benzene ring substituents is 1. The highest BCUT2D eigenvalue weighted by atomic mass is 19.3. The predicted octanol–water partition coefficient (Wildman–Crippen LogP) is 3.27. The molecule has 0 fully saturated rings. The van der Waals surface area contributed by atoms with E-state index in [1.807, 2.05) is 0 Å². The molecule has 0 aromatic heterocycles. The predicted molar refractivity (Wildman–Crippen MR) is 86.5 cm³/mol. The van der Waals surface area contributed by atoms with Crippen molar-refractivity contribution >= 4 is 17.3 Å². The molecule has 1 amide bonds. The Balaban J connectivity index is 2.09. The molecule has 2 aromatic rings. The quantitative estimate of drug-likeness (QED) is 0.472. The zero-order valence-electron chi connectivity index (χ0n) is 13.1. The highest BCUT2D eigenvalue weighted by Crippen LogP contribution is 2.23. The highest BCUT2D eigenvalue weighted by Gasteiger charge is 2.17. The van der Waals surface area contributed by atoms with Gasteiger partial charge >= 0.3 is 6.61 Å². The first-order chi connectivity index (χ1) is 11.8. The van der Waals surface area contributed by atoms with Crippen LogP contribution in [0, 0.1) is 10.1 Å². The van der Waals surface area contributed by atoms with Crippen LogP contribution >= 0.6 is 0 Å². The Kier molecular flexibility index (Phi) is 5.48. The number of halogens is 2. The molecule has 0 aliphatic heterocycles. The molecule has 0 radical (unpaired) electrons. The van der Waals surface area contributed by atoms with E-state index in [0.29, 0.717) is 5.56 Å². The Labute approximate surface area is 141 Å². The molecule has 9 heteroatoms. The number of nitrogens with two attached hydrogens (primary N) is 1. The number of nitrogens with zero attached hydrogens (tertiary/aromatic N) is 1. The summed E-state index contributed by atoms with van der Waals surface area (Å²) in [6, 6.07) is 9.10. The molecular formula is C16H15F2N3O4. The summed E-state index contributed by atoms with van der Waals surface area (Å²) < 4.78 is 28.5. The summed E-state index contributed by atoms with van der Waals surface area (Å²) in [5.41, 5.74) is 5.84. The smallest absolute Gasteiger partial charge is 0.387 e. The van der Waals surface area contributed by atoms with Crippen LogP contribution in [-0.4, -0.2) is 17.4 Å². The molecule has 1 unspecified atom stereocenters. The molecule has 2 rings (SSSR count). The van der Waals surface area contributed by atoms with E-state index in [1.54, 1.807) is 6.92 Å². The summed E-state index contributed by atoms with van der Waals surface area (Å²) in [6.07, 6.45) is 0. The number of anilines is 1. The number of rotatable bonds is 6. The second-order valence-electron chi connectivity index (χ2n) is 5.17. The molecular weight excluding hydrogens is 336 g/mol. The lowest BCUT2D eigenvalue weighted by Gasteiger charge is -2.15. The number of ether oxygens (including phenoxy) is 1. The molecule has 2 aromatic carbocycles. The van der Waals surface area contributed by atoms with Crippen molar-refractivity contribution in [3.63, 3.8) is 0 Å². The van der Waals surface area contributed by atoms with Crippen molar-refractivity contribution in [3.8, 4) is 5.75 Å². The number of nitrogens with one attached hydrogen (secondary N) is 1. The first kappa shape index (κ1) is 18.1. The lowest BCUT2D eigenvalue weighted by molar-refractivity contribution is -0.383. The van der Waals surface area contributed by atoms with E-state index in [1.165, 1.54) is 36.4 Å². The van der Waals surface area contributed by atoms with Crippen molar-refractivity contribution in [1.82, 2.24) is 5.32 Å². The summed E-state index contributed by atoms with van der Waals surface area (Å²) in [4.78, 5) is 22.4. The number of amides is 1. The van der Waals surface area contributed by atoms with Crippen LogP contribution in [0.4, 0.5) is 20.2 Å². The molecule has 1 atom stereocenters. The van der Waals surface area contributed by atoms with Gasteiger partial charge in [-0.05, 0) is 36.8 Å². The van der Waals surface area contributed by atoms with Crippen LogP contribution in [0.15, 0.2) is 42.5 Å². The minimum Gasteiger partial charge on any atom is -0.435 e. The summed E-state index contributed by atoms with van der Waals surface area (Å²) >= 11 is 0. The van der Waals surface area contributed by atoms with Crippen molar-refractivity contribution in [2.45, 2.75) is 19.6 Å². The van der Waals surface area contributed by atoms with Crippen LogP contribution in [0.25, 0.3) is 0 Å². The van der Waals surface area contributed by atoms with Gasteiger partial charge in [0.15, 0.2) is 0 Å². The number of nitrogen functional groups attached to an aromatic ring is 1. The molecule has 0 saturated heterocycles. The van der Waals surface area contributed by atoms with Gasteiger partial charge in [-0.1, -0.05) is 12.1 Å². The van der Waals surface area contributed by atoms with Crippen LogP contribution in [0.3, 0.4) is 0 Å². The monoisotopic (exact) mass is 351 g/mol. The first-order valence-electron chi connectivity index (χ1n) is 7.17. The fourth-order valence-electron chi connectivity index (χ4n) is 2.14. The van der Waals surface area contributed by atoms with Crippen LogP contribution in [-0.2, 0) is 0 Å². The normalized spacial score (nSPS) is 11.8. The third kappa shape index (κ3) is 4.63. The van der Waals surface area contributed by atoms with Crippen molar-refractivity contribution < 1.29 is 23.2 Å². The summed E-state index contributed by atoms with van der Waals surface area (Å²) in [5, 5.41) is 13.5. The van der Waals surface area contributed by atoms with Crippen LogP contribution in [0.5, 0.6) is 5.75 Å². The van der Waals surface area contributed by atoms with Crippen molar-refractivity contribution in [1.29, 1.82) is 0 Å². The van der Waals surface area contributed by atoms with Gasteiger partial charge in [0.25, 0.3) is 11.6 Å². The van der Waals surface area contributed by atoms with Gasteiger partial charge in [-0.2, -0.15) is 8.78 Å². The van der Waals surface area contributed by atoms with Gasteiger partial charge in [0, 0.05) is 11.6 Å².